The molecular formula is C22H27N3O3. The number of nitrogens with one attached hydrogen (secondary N) is 1. The molecule has 3 rings (SSSR count). The molecular weight excluding hydrogens is 354 g/mol. The third kappa shape index (κ3) is 4.51. The summed E-state index contributed by atoms with van der Waals surface area (Å²) in [5.41, 5.74) is 2.55. The van der Waals surface area contributed by atoms with E-state index in [0.29, 0.717) is 13.1 Å². The standard InChI is InChI=1S/C22H27N3O3/c1-24(2)12-13-25(15-16-8-4-7-11-20(16)28-3)22(27)18-14-21(26)23-19-10-6-5-9-17(18)19/h4-11,18H,12-15H2,1-3H3,(H,23,26)/t18-/m1/s1. The van der Waals surface area contributed by atoms with Crippen molar-refractivity contribution in [2.45, 2.75) is 18.9 Å². The van der Waals surface area contributed by atoms with Gasteiger partial charge in [-0.1, -0.05) is 36.4 Å². The summed E-state index contributed by atoms with van der Waals surface area (Å²) in [5, 5.41) is 2.86. The molecule has 1 heterocycles. The van der Waals surface area contributed by atoms with Crippen molar-refractivity contribution in [2.24, 2.45) is 0 Å². The average molecular weight is 381 g/mol. The fourth-order valence-electron chi connectivity index (χ4n) is 3.48. The summed E-state index contributed by atoms with van der Waals surface area (Å²) >= 11 is 0. The van der Waals surface area contributed by atoms with Crippen molar-refractivity contribution < 1.29 is 14.3 Å². The van der Waals surface area contributed by atoms with Gasteiger partial charge in [0.15, 0.2) is 0 Å². The highest BCUT2D eigenvalue weighted by atomic mass is 16.5. The summed E-state index contributed by atoms with van der Waals surface area (Å²) in [6, 6.07) is 15.3. The molecule has 0 saturated heterocycles. The Hall–Kier alpha value is -2.86. The van der Waals surface area contributed by atoms with Gasteiger partial charge in [0.25, 0.3) is 0 Å². The number of hydrogen-bond donors (Lipinski definition) is 1. The molecule has 0 aromatic heterocycles. The maximum atomic E-state index is 13.5. The summed E-state index contributed by atoms with van der Waals surface area (Å²) < 4.78 is 5.46. The molecule has 1 aliphatic rings. The van der Waals surface area contributed by atoms with Crippen molar-refractivity contribution in [2.75, 3.05) is 39.6 Å². The van der Waals surface area contributed by atoms with Gasteiger partial charge in [0.2, 0.25) is 11.8 Å². The predicted molar refractivity (Wildman–Crippen MR) is 109 cm³/mol. The normalized spacial score (nSPS) is 15.7. The van der Waals surface area contributed by atoms with E-state index in [0.717, 1.165) is 29.1 Å². The second-order valence-electron chi connectivity index (χ2n) is 7.27. The Labute approximate surface area is 166 Å². The molecule has 0 spiro atoms. The smallest absolute Gasteiger partial charge is 0.231 e. The number of nitrogens with zero attached hydrogens (tertiary/aromatic N) is 2. The Bertz CT molecular complexity index is 850. The van der Waals surface area contributed by atoms with Gasteiger partial charge in [0, 0.05) is 37.3 Å². The second-order valence-corrected chi connectivity index (χ2v) is 7.27. The van der Waals surface area contributed by atoms with Gasteiger partial charge in [-0.2, -0.15) is 0 Å². The van der Waals surface area contributed by atoms with Gasteiger partial charge in [0.05, 0.1) is 13.0 Å². The summed E-state index contributed by atoms with van der Waals surface area (Å²) in [6.45, 7) is 1.75. The lowest BCUT2D eigenvalue weighted by molar-refractivity contribution is -0.135. The number of carbonyl (C=O) groups is 2. The molecule has 2 aromatic carbocycles. The maximum Gasteiger partial charge on any atom is 0.231 e. The lowest BCUT2D eigenvalue weighted by Gasteiger charge is -2.31. The quantitative estimate of drug-likeness (QED) is 0.801. The van der Waals surface area contributed by atoms with Crippen molar-refractivity contribution in [1.82, 2.24) is 9.80 Å². The first-order valence-corrected chi connectivity index (χ1v) is 9.43. The molecule has 0 unspecified atom stereocenters. The lowest BCUT2D eigenvalue weighted by atomic mass is 9.89. The minimum Gasteiger partial charge on any atom is -0.496 e. The number of anilines is 1. The maximum absolute atomic E-state index is 13.5. The van der Waals surface area contributed by atoms with E-state index >= 15 is 0 Å². The van der Waals surface area contributed by atoms with Gasteiger partial charge in [-0.05, 0) is 31.8 Å². The molecule has 0 bridgehead atoms. The minimum atomic E-state index is -0.471. The first-order valence-electron chi connectivity index (χ1n) is 9.43. The van der Waals surface area contributed by atoms with Crippen LogP contribution < -0.4 is 10.1 Å². The van der Waals surface area contributed by atoms with Crippen LogP contribution in [0.1, 0.15) is 23.5 Å². The van der Waals surface area contributed by atoms with E-state index in [2.05, 4.69) is 5.32 Å². The molecule has 2 aromatic rings. The van der Waals surface area contributed by atoms with E-state index in [9.17, 15) is 9.59 Å². The van der Waals surface area contributed by atoms with Crippen molar-refractivity contribution in [1.29, 1.82) is 0 Å². The van der Waals surface area contributed by atoms with Crippen LogP contribution in [0.25, 0.3) is 0 Å². The van der Waals surface area contributed by atoms with Crippen LogP contribution in [-0.4, -0.2) is 55.9 Å². The van der Waals surface area contributed by atoms with Gasteiger partial charge in [-0.25, -0.2) is 0 Å². The van der Waals surface area contributed by atoms with Crippen LogP contribution in [0.5, 0.6) is 5.75 Å². The monoisotopic (exact) mass is 381 g/mol. The molecule has 0 radical (unpaired) electrons. The second kappa shape index (κ2) is 8.89. The van der Waals surface area contributed by atoms with Gasteiger partial charge in [-0.3, -0.25) is 9.59 Å². The van der Waals surface area contributed by atoms with Crippen LogP contribution in [0.3, 0.4) is 0 Å². The topological polar surface area (TPSA) is 61.9 Å². The van der Waals surface area contributed by atoms with E-state index in [1.54, 1.807) is 7.11 Å². The SMILES string of the molecule is COc1ccccc1CN(CCN(C)C)C(=O)[C@@H]1CC(=O)Nc2ccccc21. The van der Waals surface area contributed by atoms with Crippen molar-refractivity contribution in [3.8, 4) is 5.75 Å². The van der Waals surface area contributed by atoms with Gasteiger partial charge < -0.3 is 19.9 Å². The molecule has 0 saturated carbocycles. The molecule has 1 N–H and O–H groups in total. The highest BCUT2D eigenvalue weighted by molar-refractivity contribution is 6.01. The number of para-hydroxylation sites is 2. The number of ether oxygens (including phenoxy) is 1. The number of hydrogen-bond acceptors (Lipinski definition) is 4. The number of carbonyl (C=O) groups excluding carboxylic acids is 2. The van der Waals surface area contributed by atoms with Crippen molar-refractivity contribution >= 4 is 17.5 Å². The molecule has 0 aliphatic carbocycles. The average Bonchev–Trinajstić information content (AvgIpc) is 2.70. The van der Waals surface area contributed by atoms with E-state index in [1.165, 1.54) is 0 Å². The van der Waals surface area contributed by atoms with Crippen LogP contribution in [0.2, 0.25) is 0 Å². The van der Waals surface area contributed by atoms with E-state index in [-0.39, 0.29) is 18.2 Å². The van der Waals surface area contributed by atoms with Crippen molar-refractivity contribution in [3.63, 3.8) is 0 Å². The summed E-state index contributed by atoms with van der Waals surface area (Å²) in [4.78, 5) is 29.6. The van der Waals surface area contributed by atoms with Crippen LogP contribution in [0.15, 0.2) is 48.5 Å². The Morgan fingerprint density at radius 3 is 2.57 bits per heavy atom. The van der Waals surface area contributed by atoms with Crippen LogP contribution in [-0.2, 0) is 16.1 Å². The Morgan fingerprint density at radius 1 is 1.11 bits per heavy atom. The Balaban J connectivity index is 1.89. The van der Waals surface area contributed by atoms with E-state index in [1.807, 2.05) is 72.4 Å². The summed E-state index contributed by atoms with van der Waals surface area (Å²) in [6.07, 6.45) is 0.167. The zero-order valence-electron chi connectivity index (χ0n) is 16.6. The van der Waals surface area contributed by atoms with Gasteiger partial charge in [0.1, 0.15) is 5.75 Å². The van der Waals surface area contributed by atoms with Crippen LogP contribution in [0, 0.1) is 0 Å². The van der Waals surface area contributed by atoms with Gasteiger partial charge >= 0.3 is 0 Å². The summed E-state index contributed by atoms with van der Waals surface area (Å²) in [7, 11) is 5.59. The zero-order valence-corrected chi connectivity index (χ0v) is 16.6. The first kappa shape index (κ1) is 19.9. The molecule has 2 amide bonds. The van der Waals surface area contributed by atoms with Crippen LogP contribution in [0.4, 0.5) is 5.69 Å². The molecule has 1 atom stereocenters. The zero-order chi connectivity index (χ0) is 20.1. The largest absolute Gasteiger partial charge is 0.496 e. The number of amides is 2. The third-order valence-electron chi connectivity index (χ3n) is 4.98. The summed E-state index contributed by atoms with van der Waals surface area (Å²) in [5.74, 6) is 0.130. The fraction of sp³-hybridized carbons (Fsp3) is 0.364. The van der Waals surface area contributed by atoms with Gasteiger partial charge in [-0.15, -0.1) is 0 Å². The number of methoxy groups -OCH3 is 1. The number of rotatable bonds is 7. The highest BCUT2D eigenvalue weighted by Crippen LogP contribution is 2.34. The Morgan fingerprint density at radius 2 is 1.82 bits per heavy atom. The van der Waals surface area contributed by atoms with E-state index < -0.39 is 5.92 Å². The number of likely N-dealkylation sites (N-methyl/N-ethyl adjacent to an activating group) is 1. The molecule has 28 heavy (non-hydrogen) atoms. The molecule has 1 aliphatic heterocycles. The number of fused-ring (bicyclic) bond motifs is 1. The fourth-order valence-corrected chi connectivity index (χ4v) is 3.48. The predicted octanol–water partition coefficient (Wildman–Crippen LogP) is 2.71. The molecule has 6 heteroatoms. The Kier molecular flexibility index (Phi) is 6.31. The molecule has 6 nitrogen and oxygen atoms in total. The van der Waals surface area contributed by atoms with Crippen LogP contribution >= 0.6 is 0 Å². The minimum absolute atomic E-state index is 0.0324. The van der Waals surface area contributed by atoms with E-state index in [4.69, 9.17) is 4.74 Å². The lowest BCUT2D eigenvalue weighted by Crippen LogP contribution is -2.41. The molecule has 0 fully saturated rings. The molecule has 148 valence electrons. The van der Waals surface area contributed by atoms with Crippen molar-refractivity contribution in [3.05, 3.63) is 59.7 Å². The highest BCUT2D eigenvalue weighted by Gasteiger charge is 2.33. The number of benzene rings is 2. The third-order valence-corrected chi connectivity index (χ3v) is 4.98. The first-order chi connectivity index (χ1) is 13.5.